The molecule has 22 heavy (non-hydrogen) atoms. The topological polar surface area (TPSA) is 84.8 Å². The van der Waals surface area contributed by atoms with E-state index in [0.29, 0.717) is 18.9 Å². The maximum absolute atomic E-state index is 12.7. The first kappa shape index (κ1) is 17.0. The van der Waals surface area contributed by atoms with Gasteiger partial charge in [-0.3, -0.25) is 0 Å². The Hall–Kier alpha value is -1.41. The summed E-state index contributed by atoms with van der Waals surface area (Å²) in [5, 5.41) is 0.258. The molecule has 1 aliphatic rings. The summed E-state index contributed by atoms with van der Waals surface area (Å²) in [5.41, 5.74) is -0.542. The molecule has 9 heteroatoms. The van der Waals surface area contributed by atoms with Crippen LogP contribution < -0.4 is 0 Å². The van der Waals surface area contributed by atoms with Crippen molar-refractivity contribution in [3.63, 3.8) is 0 Å². The van der Waals surface area contributed by atoms with Gasteiger partial charge in [-0.05, 0) is 20.8 Å². The van der Waals surface area contributed by atoms with Gasteiger partial charge in [-0.25, -0.2) is 19.0 Å². The van der Waals surface area contributed by atoms with Crippen LogP contribution in [0, 0.1) is 0 Å². The molecule has 0 aliphatic carbocycles. The standard InChI is InChI=1S/C13H19ClN4O3S/c1-13(2,3)21-12(19)18-4-6-22(20,7-5-18)17-11-9-15-10(14)8-16-11/h8-9H,4-7H2,1-3H3. The average molecular weight is 347 g/mol. The first-order valence-electron chi connectivity index (χ1n) is 6.85. The van der Waals surface area contributed by atoms with Crippen molar-refractivity contribution < 1.29 is 13.7 Å². The highest BCUT2D eigenvalue weighted by Gasteiger charge is 2.28. The molecule has 1 amide bonds. The summed E-state index contributed by atoms with van der Waals surface area (Å²) in [6.45, 7) is 6.13. The van der Waals surface area contributed by atoms with Gasteiger partial charge in [0.2, 0.25) is 0 Å². The summed E-state index contributed by atoms with van der Waals surface area (Å²) in [7, 11) is -2.44. The fraction of sp³-hybridized carbons (Fsp3) is 0.615. The van der Waals surface area contributed by atoms with Gasteiger partial charge in [0.25, 0.3) is 0 Å². The summed E-state index contributed by atoms with van der Waals surface area (Å²) >= 11 is 5.65. The number of rotatable bonds is 1. The number of hydrogen-bond donors (Lipinski definition) is 0. The van der Waals surface area contributed by atoms with Gasteiger partial charge < -0.3 is 9.64 Å². The number of halogens is 1. The van der Waals surface area contributed by atoms with E-state index in [2.05, 4.69) is 14.3 Å². The van der Waals surface area contributed by atoms with Gasteiger partial charge in [-0.15, -0.1) is 0 Å². The zero-order valence-corrected chi connectivity index (χ0v) is 14.4. The largest absolute Gasteiger partial charge is 0.444 e. The van der Waals surface area contributed by atoms with Crippen LogP contribution in [-0.4, -0.2) is 55.4 Å². The van der Waals surface area contributed by atoms with Gasteiger partial charge in [0.1, 0.15) is 10.8 Å². The second-order valence-corrected chi connectivity index (χ2v) is 8.87. The van der Waals surface area contributed by atoms with Crippen molar-refractivity contribution in [3.8, 4) is 0 Å². The molecule has 1 aromatic rings. The van der Waals surface area contributed by atoms with Crippen LogP contribution in [0.25, 0.3) is 0 Å². The molecule has 1 aliphatic heterocycles. The van der Waals surface area contributed by atoms with Crippen molar-refractivity contribution in [1.82, 2.24) is 14.9 Å². The SMILES string of the molecule is CC(C)(C)OC(=O)N1CCS(=O)(=Nc2cnc(Cl)cn2)CC1. The zero-order chi connectivity index (χ0) is 16.4. The third-order valence-corrected chi connectivity index (χ3v) is 5.23. The van der Waals surface area contributed by atoms with E-state index in [1.165, 1.54) is 12.4 Å². The molecule has 0 bridgehead atoms. The third kappa shape index (κ3) is 4.81. The summed E-state index contributed by atoms with van der Waals surface area (Å²) in [6, 6.07) is 0. The van der Waals surface area contributed by atoms with Crippen molar-refractivity contribution in [1.29, 1.82) is 0 Å². The number of amides is 1. The molecule has 0 N–H and O–H groups in total. The normalized spacial score (nSPS) is 17.9. The molecule has 122 valence electrons. The molecular formula is C13H19ClN4O3S. The maximum Gasteiger partial charge on any atom is 0.410 e. The monoisotopic (exact) mass is 346 g/mol. The van der Waals surface area contributed by atoms with Gasteiger partial charge in [0.05, 0.1) is 33.6 Å². The lowest BCUT2D eigenvalue weighted by Crippen LogP contribution is -2.45. The lowest BCUT2D eigenvalue weighted by molar-refractivity contribution is 0.0268. The number of carbonyl (C=O) groups is 1. The number of aromatic nitrogens is 2. The van der Waals surface area contributed by atoms with Crippen LogP contribution in [0.4, 0.5) is 10.6 Å². The first-order chi connectivity index (χ1) is 10.2. The van der Waals surface area contributed by atoms with Crippen molar-refractivity contribution in [2.75, 3.05) is 24.6 Å². The molecule has 0 atom stereocenters. The molecule has 0 radical (unpaired) electrons. The molecule has 2 rings (SSSR count). The molecule has 1 saturated heterocycles. The number of carbonyl (C=O) groups excluding carboxylic acids is 1. The predicted molar refractivity (Wildman–Crippen MR) is 84.8 cm³/mol. The molecule has 2 heterocycles. The van der Waals surface area contributed by atoms with Gasteiger partial charge >= 0.3 is 6.09 Å². The van der Waals surface area contributed by atoms with E-state index < -0.39 is 15.3 Å². The fourth-order valence-electron chi connectivity index (χ4n) is 1.84. The fourth-order valence-corrected chi connectivity index (χ4v) is 3.77. The van der Waals surface area contributed by atoms with Crippen molar-refractivity contribution in [2.45, 2.75) is 26.4 Å². The lowest BCUT2D eigenvalue weighted by Gasteiger charge is -2.31. The Kier molecular flexibility index (Phi) is 4.91. The van der Waals surface area contributed by atoms with Crippen LogP contribution in [-0.2, 0) is 14.5 Å². The molecule has 0 aromatic carbocycles. The quantitative estimate of drug-likeness (QED) is 0.779. The average Bonchev–Trinajstić information content (AvgIpc) is 2.40. The van der Waals surface area contributed by atoms with E-state index >= 15 is 0 Å². The van der Waals surface area contributed by atoms with Gasteiger partial charge in [-0.2, -0.15) is 4.36 Å². The Morgan fingerprint density at radius 3 is 2.45 bits per heavy atom. The van der Waals surface area contributed by atoms with Gasteiger partial charge in [0.15, 0.2) is 5.82 Å². The Labute approximate surface area is 135 Å². The van der Waals surface area contributed by atoms with E-state index in [0.717, 1.165) is 0 Å². The molecule has 0 saturated carbocycles. The Balaban J connectivity index is 2.03. The summed E-state index contributed by atoms with van der Waals surface area (Å²) < 4.78 is 22.1. The number of ether oxygens (including phenoxy) is 1. The first-order valence-corrected chi connectivity index (χ1v) is 9.08. The molecule has 0 unspecified atom stereocenters. The minimum absolute atomic E-state index is 0.258. The van der Waals surface area contributed by atoms with Crippen LogP contribution in [0.5, 0.6) is 0 Å². The number of nitrogens with zero attached hydrogens (tertiary/aromatic N) is 4. The Bertz CT molecular complexity index is 649. The van der Waals surface area contributed by atoms with E-state index in [1.54, 1.807) is 4.90 Å². The minimum Gasteiger partial charge on any atom is -0.444 e. The second-order valence-electron chi connectivity index (χ2n) is 5.94. The lowest BCUT2D eigenvalue weighted by atomic mass is 10.2. The van der Waals surface area contributed by atoms with Gasteiger partial charge in [0, 0.05) is 13.1 Å². The summed E-state index contributed by atoms with van der Waals surface area (Å²) in [6.07, 6.45) is 2.36. The van der Waals surface area contributed by atoms with Crippen LogP contribution in [0.15, 0.2) is 16.8 Å². The van der Waals surface area contributed by atoms with Gasteiger partial charge in [-0.1, -0.05) is 11.6 Å². The van der Waals surface area contributed by atoms with E-state index in [9.17, 15) is 9.00 Å². The third-order valence-electron chi connectivity index (χ3n) is 2.88. The van der Waals surface area contributed by atoms with Crippen LogP contribution >= 0.6 is 11.6 Å². The zero-order valence-electron chi connectivity index (χ0n) is 12.8. The van der Waals surface area contributed by atoms with E-state index in [1.807, 2.05) is 20.8 Å². The van der Waals surface area contributed by atoms with Crippen molar-refractivity contribution in [3.05, 3.63) is 17.5 Å². The Morgan fingerprint density at radius 2 is 1.95 bits per heavy atom. The summed E-state index contributed by atoms with van der Waals surface area (Å²) in [5.74, 6) is 0.868. The maximum atomic E-state index is 12.7. The highest BCUT2D eigenvalue weighted by molar-refractivity contribution is 7.93. The summed E-state index contributed by atoms with van der Waals surface area (Å²) in [4.78, 5) is 21.3. The number of hydrogen-bond acceptors (Lipinski definition) is 6. The molecule has 7 nitrogen and oxygen atoms in total. The smallest absolute Gasteiger partial charge is 0.410 e. The van der Waals surface area contributed by atoms with Crippen LogP contribution in [0.2, 0.25) is 5.15 Å². The van der Waals surface area contributed by atoms with Crippen molar-refractivity contribution >= 4 is 33.2 Å². The molecular weight excluding hydrogens is 328 g/mol. The minimum atomic E-state index is -2.44. The Morgan fingerprint density at radius 1 is 1.32 bits per heavy atom. The van der Waals surface area contributed by atoms with E-state index in [-0.39, 0.29) is 22.8 Å². The van der Waals surface area contributed by atoms with Crippen LogP contribution in [0.3, 0.4) is 0 Å². The second kappa shape index (κ2) is 6.37. The molecule has 0 spiro atoms. The molecule has 1 fully saturated rings. The highest BCUT2D eigenvalue weighted by atomic mass is 35.5. The highest BCUT2D eigenvalue weighted by Crippen LogP contribution is 2.17. The van der Waals surface area contributed by atoms with E-state index in [4.69, 9.17) is 16.3 Å². The predicted octanol–water partition coefficient (Wildman–Crippen LogP) is 2.48. The van der Waals surface area contributed by atoms with Crippen molar-refractivity contribution in [2.24, 2.45) is 4.36 Å². The molecule has 1 aromatic heterocycles. The van der Waals surface area contributed by atoms with Crippen LogP contribution in [0.1, 0.15) is 20.8 Å².